The summed E-state index contributed by atoms with van der Waals surface area (Å²) in [6.45, 7) is 6.79. The van der Waals surface area contributed by atoms with Gasteiger partial charge >= 0.3 is 0 Å². The molecule has 0 aliphatic carbocycles. The van der Waals surface area contributed by atoms with Gasteiger partial charge in [-0.1, -0.05) is 75.4 Å². The lowest BCUT2D eigenvalue weighted by molar-refractivity contribution is 0.591. The van der Waals surface area contributed by atoms with Gasteiger partial charge < -0.3 is 0 Å². The van der Waals surface area contributed by atoms with Crippen molar-refractivity contribution in [1.82, 2.24) is 0 Å². The molecule has 0 N–H and O–H groups in total. The Hall–Kier alpha value is -2.60. The fourth-order valence-electron chi connectivity index (χ4n) is 3.96. The normalized spacial score (nSPS) is 12.8. The molecular weight excluding hydrogens is 288 g/mol. The second-order valence-electron chi connectivity index (χ2n) is 7.79. The van der Waals surface area contributed by atoms with Crippen LogP contribution in [0.25, 0.3) is 43.1 Å². The largest absolute Gasteiger partial charge is 0.0610 e. The molecule has 0 spiro atoms. The fraction of sp³-hybridized carbons (Fsp3) is 0.167. The van der Waals surface area contributed by atoms with Crippen LogP contribution in [0.5, 0.6) is 0 Å². The van der Waals surface area contributed by atoms with Crippen LogP contribution in [0.4, 0.5) is 0 Å². The van der Waals surface area contributed by atoms with Gasteiger partial charge in [-0.15, -0.1) is 0 Å². The van der Waals surface area contributed by atoms with Gasteiger partial charge in [-0.3, -0.25) is 0 Å². The van der Waals surface area contributed by atoms with Crippen LogP contribution in [0.3, 0.4) is 0 Å². The van der Waals surface area contributed by atoms with Crippen LogP contribution >= 0.6 is 0 Å². The van der Waals surface area contributed by atoms with Crippen LogP contribution in [0, 0.1) is 6.07 Å². The van der Waals surface area contributed by atoms with E-state index in [9.17, 15) is 0 Å². The molecule has 0 fully saturated rings. The van der Waals surface area contributed by atoms with Gasteiger partial charge in [-0.2, -0.15) is 0 Å². The molecule has 0 saturated carbocycles. The highest BCUT2D eigenvalue weighted by Crippen LogP contribution is 2.41. The molecule has 0 nitrogen and oxygen atoms in total. The number of fused-ring (bicyclic) bond motifs is 2. The summed E-state index contributed by atoms with van der Waals surface area (Å²) in [4.78, 5) is 0. The molecule has 5 aromatic carbocycles. The van der Waals surface area contributed by atoms with Crippen LogP contribution < -0.4 is 0 Å². The average Bonchev–Trinajstić information content (AvgIpc) is 2.58. The van der Waals surface area contributed by atoms with E-state index in [-0.39, 0.29) is 5.41 Å². The summed E-state index contributed by atoms with van der Waals surface area (Å²) in [6, 6.07) is 26.0. The zero-order chi connectivity index (χ0) is 16.5. The first-order valence-corrected chi connectivity index (χ1v) is 8.56. The average molecular weight is 307 g/mol. The summed E-state index contributed by atoms with van der Waals surface area (Å²) in [5.74, 6) is 0. The van der Waals surface area contributed by atoms with E-state index < -0.39 is 0 Å². The minimum atomic E-state index is 0.0888. The van der Waals surface area contributed by atoms with Gasteiger partial charge in [0.2, 0.25) is 0 Å². The zero-order valence-corrected chi connectivity index (χ0v) is 14.3. The van der Waals surface area contributed by atoms with Gasteiger partial charge in [0.1, 0.15) is 0 Å². The first kappa shape index (κ1) is 13.8. The van der Waals surface area contributed by atoms with Crippen LogP contribution in [-0.4, -0.2) is 0 Å². The molecule has 0 amide bonds. The summed E-state index contributed by atoms with van der Waals surface area (Å²) in [7, 11) is 0. The number of hydrogen-bond acceptors (Lipinski definition) is 0. The Balaban J connectivity index is 2.16. The van der Waals surface area contributed by atoms with Gasteiger partial charge in [0.25, 0.3) is 0 Å². The van der Waals surface area contributed by atoms with E-state index in [4.69, 9.17) is 0 Å². The smallest absolute Gasteiger partial charge is 0.00108 e. The van der Waals surface area contributed by atoms with Crippen molar-refractivity contribution in [3.8, 4) is 0 Å². The second kappa shape index (κ2) is 4.48. The Morgan fingerprint density at radius 1 is 0.667 bits per heavy atom. The predicted octanol–water partition coefficient (Wildman–Crippen LogP) is 6.83. The van der Waals surface area contributed by atoms with Crippen molar-refractivity contribution >= 4 is 43.1 Å². The van der Waals surface area contributed by atoms with Crippen LogP contribution in [0.1, 0.15) is 26.3 Å². The molecule has 0 aromatic heterocycles. The fourth-order valence-corrected chi connectivity index (χ4v) is 3.96. The van der Waals surface area contributed by atoms with Gasteiger partial charge in [-0.05, 0) is 66.2 Å². The van der Waals surface area contributed by atoms with E-state index in [0.29, 0.717) is 0 Å². The molecule has 0 bridgehead atoms. The summed E-state index contributed by atoms with van der Waals surface area (Å²) in [6.07, 6.45) is 0. The van der Waals surface area contributed by atoms with E-state index in [1.807, 2.05) is 0 Å². The highest BCUT2D eigenvalue weighted by Gasteiger charge is 2.18. The molecule has 24 heavy (non-hydrogen) atoms. The van der Waals surface area contributed by atoms with Gasteiger partial charge in [-0.25, -0.2) is 0 Å². The van der Waals surface area contributed by atoms with E-state index in [2.05, 4.69) is 87.5 Å². The molecular formula is C24H19. The van der Waals surface area contributed by atoms with Crippen LogP contribution in [-0.2, 0) is 5.41 Å². The van der Waals surface area contributed by atoms with Crippen molar-refractivity contribution in [2.45, 2.75) is 26.2 Å². The standard InChI is InChI=1S/C24H19/c1-24(2,3)17-13-16-9-6-11-19-18-10-4-7-15-8-5-12-20(22(15)18)21(14-17)23(16)19/h4-13H,1-3H3. The van der Waals surface area contributed by atoms with E-state index >= 15 is 0 Å². The third-order valence-corrected chi connectivity index (χ3v) is 5.18. The first-order valence-electron chi connectivity index (χ1n) is 8.56. The lowest BCUT2D eigenvalue weighted by atomic mass is 9.82. The Bertz CT molecular complexity index is 1210. The molecule has 115 valence electrons. The van der Waals surface area contributed by atoms with Crippen molar-refractivity contribution in [2.24, 2.45) is 0 Å². The van der Waals surface area contributed by atoms with Crippen molar-refractivity contribution in [2.75, 3.05) is 0 Å². The maximum atomic E-state index is 3.77. The van der Waals surface area contributed by atoms with E-state index in [1.54, 1.807) is 0 Å². The third kappa shape index (κ3) is 1.74. The van der Waals surface area contributed by atoms with Gasteiger partial charge in [0.05, 0.1) is 0 Å². The lowest BCUT2D eigenvalue weighted by Gasteiger charge is -2.22. The van der Waals surface area contributed by atoms with E-state index in [1.165, 1.54) is 48.7 Å². The predicted molar refractivity (Wildman–Crippen MR) is 105 cm³/mol. The molecule has 5 rings (SSSR count). The monoisotopic (exact) mass is 307 g/mol. The minimum Gasteiger partial charge on any atom is -0.0610 e. The molecule has 0 aliphatic heterocycles. The lowest BCUT2D eigenvalue weighted by Crippen LogP contribution is -2.11. The summed E-state index contributed by atoms with van der Waals surface area (Å²) in [5.41, 5.74) is 1.37. The third-order valence-electron chi connectivity index (χ3n) is 5.18. The quantitative estimate of drug-likeness (QED) is 0.217. The molecule has 0 saturated heterocycles. The van der Waals surface area contributed by atoms with Crippen molar-refractivity contribution < 1.29 is 0 Å². The van der Waals surface area contributed by atoms with Crippen LogP contribution in [0.2, 0.25) is 0 Å². The maximum Gasteiger partial charge on any atom is -0.00108 e. The topological polar surface area (TPSA) is 0 Å². The van der Waals surface area contributed by atoms with Crippen molar-refractivity contribution in [3.05, 3.63) is 72.3 Å². The highest BCUT2D eigenvalue weighted by molar-refractivity contribution is 6.32. The zero-order valence-electron chi connectivity index (χ0n) is 14.3. The van der Waals surface area contributed by atoms with Gasteiger partial charge in [0, 0.05) is 0 Å². The van der Waals surface area contributed by atoms with Crippen molar-refractivity contribution in [3.63, 3.8) is 0 Å². The number of benzene rings is 5. The van der Waals surface area contributed by atoms with Crippen LogP contribution in [0.15, 0.2) is 60.7 Å². The number of hydrogen-bond donors (Lipinski definition) is 0. The molecule has 0 heteroatoms. The highest BCUT2D eigenvalue weighted by atomic mass is 14.2. The minimum absolute atomic E-state index is 0.0888. The summed E-state index contributed by atoms with van der Waals surface area (Å²) < 4.78 is 0. The molecule has 0 heterocycles. The van der Waals surface area contributed by atoms with E-state index in [0.717, 1.165) is 0 Å². The Morgan fingerprint density at radius 3 is 1.92 bits per heavy atom. The molecule has 0 unspecified atom stereocenters. The van der Waals surface area contributed by atoms with Gasteiger partial charge in [0.15, 0.2) is 0 Å². The molecule has 1 radical (unpaired) electrons. The molecule has 0 aliphatic rings. The Kier molecular flexibility index (Phi) is 2.58. The summed E-state index contributed by atoms with van der Waals surface area (Å²) in [5, 5.41) is 10.6. The SMILES string of the molecule is CC(C)(C)c1[c]c2c3cccc4cccc(c5cccc(c1)c25)c43. The molecule has 0 atom stereocenters. The Labute approximate surface area is 142 Å². The van der Waals surface area contributed by atoms with Crippen molar-refractivity contribution in [1.29, 1.82) is 0 Å². The Morgan fingerprint density at radius 2 is 1.25 bits per heavy atom. The molecule has 5 aromatic rings. The number of rotatable bonds is 0. The maximum absolute atomic E-state index is 3.77. The first-order chi connectivity index (χ1) is 11.5. The summed E-state index contributed by atoms with van der Waals surface area (Å²) >= 11 is 0. The second-order valence-corrected chi connectivity index (χ2v) is 7.79.